The molecule has 1 aromatic rings. The fourth-order valence-corrected chi connectivity index (χ4v) is 1.19. The van der Waals surface area contributed by atoms with Crippen molar-refractivity contribution >= 4 is 11.6 Å². The van der Waals surface area contributed by atoms with Gasteiger partial charge in [0, 0.05) is 5.92 Å². The van der Waals surface area contributed by atoms with E-state index in [0.717, 1.165) is 6.42 Å². The molecule has 4 heteroatoms. The maximum absolute atomic E-state index is 11.3. The number of anilines is 1. The molecule has 1 fully saturated rings. The van der Waals surface area contributed by atoms with Crippen molar-refractivity contribution in [1.29, 1.82) is 0 Å². The van der Waals surface area contributed by atoms with E-state index < -0.39 is 0 Å². The van der Waals surface area contributed by atoms with Gasteiger partial charge < -0.3 is 9.84 Å². The monoisotopic (exact) mass is 166 g/mol. The molecule has 1 aliphatic rings. The third kappa shape index (κ3) is 1.32. The molecule has 0 aromatic carbocycles. The first-order chi connectivity index (χ1) is 5.77. The average molecular weight is 166 g/mol. The Morgan fingerprint density at radius 1 is 1.83 bits per heavy atom. The summed E-state index contributed by atoms with van der Waals surface area (Å²) in [4.78, 5) is 11.3. The Morgan fingerprint density at radius 3 is 3.08 bits per heavy atom. The molecule has 1 amide bonds. The highest BCUT2D eigenvalue weighted by Crippen LogP contribution is 2.38. The highest BCUT2D eigenvalue weighted by atomic mass is 16.5. The van der Waals surface area contributed by atoms with Gasteiger partial charge in [0.2, 0.25) is 5.91 Å². The first-order valence-electron chi connectivity index (χ1n) is 3.97. The molecule has 1 aliphatic carbocycles. The van der Waals surface area contributed by atoms with Crippen LogP contribution in [0.5, 0.6) is 0 Å². The molecule has 12 heavy (non-hydrogen) atoms. The van der Waals surface area contributed by atoms with Gasteiger partial charge >= 0.3 is 0 Å². The number of hydrogen-bond donors (Lipinski definition) is 1. The molecule has 0 unspecified atom stereocenters. The van der Waals surface area contributed by atoms with Crippen molar-refractivity contribution in [2.24, 2.45) is 11.8 Å². The van der Waals surface area contributed by atoms with E-state index in [4.69, 9.17) is 0 Å². The van der Waals surface area contributed by atoms with Crippen molar-refractivity contribution in [3.05, 3.63) is 12.5 Å². The minimum absolute atomic E-state index is 0.0747. The number of carbonyl (C=O) groups is 1. The van der Waals surface area contributed by atoms with E-state index in [1.54, 1.807) is 0 Å². The number of nitrogens with zero attached hydrogens (tertiary/aromatic N) is 1. The van der Waals surface area contributed by atoms with Gasteiger partial charge in [-0.15, -0.1) is 0 Å². The summed E-state index contributed by atoms with van der Waals surface area (Å²) in [7, 11) is 0. The molecule has 1 aromatic heterocycles. The Bertz CT molecular complexity index is 281. The van der Waals surface area contributed by atoms with Gasteiger partial charge in [-0.3, -0.25) is 4.79 Å². The van der Waals surface area contributed by atoms with Crippen molar-refractivity contribution < 1.29 is 9.32 Å². The standard InChI is InChI=1S/C8H10N2O2/c1-5-2-7(5)8(11)10-6-3-9-12-4-6/h3-5,7H,2H2,1H3,(H,10,11)/t5-,7-/m1/s1. The van der Waals surface area contributed by atoms with Crippen LogP contribution in [0.25, 0.3) is 0 Å². The van der Waals surface area contributed by atoms with Crippen LogP contribution in [0.15, 0.2) is 17.0 Å². The fourth-order valence-electron chi connectivity index (χ4n) is 1.19. The van der Waals surface area contributed by atoms with Crippen LogP contribution in [0, 0.1) is 11.8 Å². The lowest BCUT2D eigenvalue weighted by molar-refractivity contribution is -0.117. The maximum Gasteiger partial charge on any atom is 0.227 e. The zero-order valence-corrected chi connectivity index (χ0v) is 6.78. The van der Waals surface area contributed by atoms with Crippen molar-refractivity contribution in [3.63, 3.8) is 0 Å². The Kier molecular flexibility index (Phi) is 1.60. The first kappa shape index (κ1) is 7.34. The SMILES string of the molecule is C[C@@H]1C[C@H]1C(=O)Nc1cnoc1. The number of amides is 1. The molecular weight excluding hydrogens is 156 g/mol. The lowest BCUT2D eigenvalue weighted by atomic mass is 10.3. The number of aromatic nitrogens is 1. The minimum Gasteiger partial charge on any atom is -0.363 e. The maximum atomic E-state index is 11.3. The summed E-state index contributed by atoms with van der Waals surface area (Å²) in [5, 5.41) is 6.20. The molecule has 0 saturated heterocycles. The molecule has 4 nitrogen and oxygen atoms in total. The van der Waals surface area contributed by atoms with Crippen LogP contribution >= 0.6 is 0 Å². The third-order valence-electron chi connectivity index (χ3n) is 2.15. The van der Waals surface area contributed by atoms with Gasteiger partial charge in [0.25, 0.3) is 0 Å². The van der Waals surface area contributed by atoms with Gasteiger partial charge in [-0.1, -0.05) is 12.1 Å². The molecule has 1 saturated carbocycles. The van der Waals surface area contributed by atoms with Crippen molar-refractivity contribution in [2.45, 2.75) is 13.3 Å². The summed E-state index contributed by atoms with van der Waals surface area (Å²) >= 11 is 0. The fraction of sp³-hybridized carbons (Fsp3) is 0.500. The lowest BCUT2D eigenvalue weighted by Gasteiger charge is -1.97. The normalized spacial score (nSPS) is 26.8. The van der Waals surface area contributed by atoms with Gasteiger partial charge in [-0.05, 0) is 12.3 Å². The summed E-state index contributed by atoms with van der Waals surface area (Å²) in [6.07, 6.45) is 3.91. The molecule has 2 rings (SSSR count). The van der Waals surface area contributed by atoms with E-state index in [9.17, 15) is 4.79 Å². The molecular formula is C8H10N2O2. The van der Waals surface area contributed by atoms with E-state index in [1.807, 2.05) is 0 Å². The number of carbonyl (C=O) groups excluding carboxylic acids is 1. The Balaban J connectivity index is 1.92. The second kappa shape index (κ2) is 2.62. The predicted molar refractivity (Wildman–Crippen MR) is 42.4 cm³/mol. The van der Waals surface area contributed by atoms with E-state index in [2.05, 4.69) is 21.9 Å². The number of rotatable bonds is 2. The van der Waals surface area contributed by atoms with Crippen LogP contribution in [0.1, 0.15) is 13.3 Å². The quantitative estimate of drug-likeness (QED) is 0.719. The van der Waals surface area contributed by atoms with E-state index >= 15 is 0 Å². The Hall–Kier alpha value is -1.32. The van der Waals surface area contributed by atoms with Crippen LogP contribution in [-0.4, -0.2) is 11.1 Å². The van der Waals surface area contributed by atoms with Gasteiger partial charge in [-0.2, -0.15) is 0 Å². The van der Waals surface area contributed by atoms with Crippen LogP contribution in [0.3, 0.4) is 0 Å². The second-order valence-electron chi connectivity index (χ2n) is 3.22. The lowest BCUT2D eigenvalue weighted by Crippen LogP contribution is -2.13. The summed E-state index contributed by atoms with van der Waals surface area (Å²) in [6.45, 7) is 2.07. The third-order valence-corrected chi connectivity index (χ3v) is 2.15. The number of hydrogen-bond acceptors (Lipinski definition) is 3. The van der Waals surface area contributed by atoms with Gasteiger partial charge in [0.05, 0.1) is 6.20 Å². The predicted octanol–water partition coefficient (Wildman–Crippen LogP) is 1.27. The molecule has 2 atom stereocenters. The highest BCUT2D eigenvalue weighted by molar-refractivity contribution is 5.94. The largest absolute Gasteiger partial charge is 0.363 e. The Labute approximate surface area is 69.9 Å². The zero-order valence-electron chi connectivity index (χ0n) is 6.78. The van der Waals surface area contributed by atoms with E-state index in [1.165, 1.54) is 12.5 Å². The van der Waals surface area contributed by atoms with Crippen LogP contribution in [0.4, 0.5) is 5.69 Å². The highest BCUT2D eigenvalue weighted by Gasteiger charge is 2.39. The second-order valence-corrected chi connectivity index (χ2v) is 3.22. The van der Waals surface area contributed by atoms with E-state index in [-0.39, 0.29) is 11.8 Å². The summed E-state index contributed by atoms with van der Waals surface area (Å²) < 4.78 is 4.58. The van der Waals surface area contributed by atoms with Gasteiger partial charge in [-0.25, -0.2) is 0 Å². The summed E-state index contributed by atoms with van der Waals surface area (Å²) in [6, 6.07) is 0. The smallest absolute Gasteiger partial charge is 0.227 e. The minimum atomic E-state index is 0.0747. The van der Waals surface area contributed by atoms with Crippen molar-refractivity contribution in [2.75, 3.05) is 5.32 Å². The molecule has 0 bridgehead atoms. The van der Waals surface area contributed by atoms with Crippen LogP contribution < -0.4 is 5.32 Å². The molecule has 64 valence electrons. The number of nitrogens with one attached hydrogen (secondary N) is 1. The summed E-state index contributed by atoms with van der Waals surface area (Å²) in [5.41, 5.74) is 0.638. The molecule has 0 aliphatic heterocycles. The first-order valence-corrected chi connectivity index (χ1v) is 3.97. The summed E-state index contributed by atoms with van der Waals surface area (Å²) in [5.74, 6) is 0.801. The van der Waals surface area contributed by atoms with Crippen molar-refractivity contribution in [1.82, 2.24) is 5.16 Å². The van der Waals surface area contributed by atoms with Crippen molar-refractivity contribution in [3.8, 4) is 0 Å². The molecule has 1 N–H and O–H groups in total. The van der Waals surface area contributed by atoms with E-state index in [0.29, 0.717) is 11.6 Å². The zero-order chi connectivity index (χ0) is 8.55. The molecule has 1 heterocycles. The van der Waals surface area contributed by atoms with Crippen LogP contribution in [0.2, 0.25) is 0 Å². The van der Waals surface area contributed by atoms with Gasteiger partial charge in [0.1, 0.15) is 12.0 Å². The Morgan fingerprint density at radius 2 is 2.58 bits per heavy atom. The molecule has 0 radical (unpaired) electrons. The van der Waals surface area contributed by atoms with Gasteiger partial charge in [0.15, 0.2) is 0 Å². The topological polar surface area (TPSA) is 55.1 Å². The average Bonchev–Trinajstić information content (AvgIpc) is 2.58. The molecule has 0 spiro atoms. The van der Waals surface area contributed by atoms with Crippen LogP contribution in [-0.2, 0) is 4.79 Å².